The molecule has 1 fully saturated rings. The quantitative estimate of drug-likeness (QED) is 0.929. The third-order valence-corrected chi connectivity index (χ3v) is 6.66. The Labute approximate surface area is 128 Å². The highest BCUT2D eigenvalue weighted by atomic mass is 32.2. The average Bonchev–Trinajstić information content (AvgIpc) is 2.48. The molecule has 4 nitrogen and oxygen atoms in total. The summed E-state index contributed by atoms with van der Waals surface area (Å²) >= 11 is 0. The van der Waals surface area contributed by atoms with Crippen LogP contribution in [-0.2, 0) is 10.0 Å². The molecule has 2 unspecified atom stereocenters. The first-order valence-electron chi connectivity index (χ1n) is 7.63. The zero-order chi connectivity index (χ0) is 15.6. The van der Waals surface area contributed by atoms with Crippen molar-refractivity contribution in [1.29, 1.82) is 0 Å². The summed E-state index contributed by atoms with van der Waals surface area (Å²) in [5.41, 5.74) is 7.61. The van der Waals surface area contributed by atoms with Gasteiger partial charge in [0.15, 0.2) is 0 Å². The summed E-state index contributed by atoms with van der Waals surface area (Å²) in [5, 5.41) is 0. The fourth-order valence-corrected chi connectivity index (χ4v) is 5.01. The van der Waals surface area contributed by atoms with E-state index in [2.05, 4.69) is 0 Å². The van der Waals surface area contributed by atoms with Gasteiger partial charge in [0, 0.05) is 13.1 Å². The Bertz CT molecular complexity index is 598. The molecule has 1 aromatic carbocycles. The lowest BCUT2D eigenvalue weighted by Gasteiger charge is -2.37. The van der Waals surface area contributed by atoms with Gasteiger partial charge in [-0.2, -0.15) is 4.31 Å². The Morgan fingerprint density at radius 1 is 1.24 bits per heavy atom. The van der Waals surface area contributed by atoms with Gasteiger partial charge < -0.3 is 5.73 Å². The second-order valence-corrected chi connectivity index (χ2v) is 8.10. The number of rotatable bonds is 4. The van der Waals surface area contributed by atoms with Gasteiger partial charge >= 0.3 is 0 Å². The topological polar surface area (TPSA) is 63.4 Å². The number of hydrogen-bond donors (Lipinski definition) is 1. The summed E-state index contributed by atoms with van der Waals surface area (Å²) in [6.45, 7) is 4.32. The third-order valence-electron chi connectivity index (χ3n) is 4.64. The van der Waals surface area contributed by atoms with Crippen LogP contribution in [0.15, 0.2) is 23.1 Å². The minimum atomic E-state index is -3.46. The summed E-state index contributed by atoms with van der Waals surface area (Å²) in [6.07, 6.45) is 4.15. The van der Waals surface area contributed by atoms with Crippen molar-refractivity contribution in [2.24, 2.45) is 11.7 Å². The maximum absolute atomic E-state index is 13.0. The molecule has 0 spiro atoms. The largest absolute Gasteiger partial charge is 0.330 e. The molecule has 1 aromatic rings. The molecule has 0 saturated heterocycles. The predicted octanol–water partition coefficient (Wildman–Crippen LogP) is 2.44. The van der Waals surface area contributed by atoms with Crippen molar-refractivity contribution in [2.45, 2.75) is 50.5 Å². The minimum Gasteiger partial charge on any atom is -0.330 e. The number of aryl methyl sites for hydroxylation is 2. The maximum Gasteiger partial charge on any atom is 0.243 e. The van der Waals surface area contributed by atoms with E-state index >= 15 is 0 Å². The fraction of sp³-hybridized carbons (Fsp3) is 0.625. The Kier molecular flexibility index (Phi) is 5.07. The molecule has 2 N–H and O–H groups in total. The first-order chi connectivity index (χ1) is 9.87. The molecule has 21 heavy (non-hydrogen) atoms. The van der Waals surface area contributed by atoms with Crippen LogP contribution in [0, 0.1) is 19.8 Å². The molecule has 0 aliphatic heterocycles. The van der Waals surface area contributed by atoms with E-state index in [0.717, 1.165) is 36.8 Å². The van der Waals surface area contributed by atoms with Crippen LogP contribution in [0.2, 0.25) is 0 Å². The van der Waals surface area contributed by atoms with E-state index in [0.29, 0.717) is 11.4 Å². The van der Waals surface area contributed by atoms with Gasteiger partial charge in [-0.25, -0.2) is 8.42 Å². The molecule has 0 heterocycles. The number of nitrogens with zero attached hydrogens (tertiary/aromatic N) is 1. The molecule has 0 amide bonds. The SMILES string of the molecule is Cc1ccc(C)c(S(=O)(=O)N(C)C2CCCCC2CN)c1. The van der Waals surface area contributed by atoms with E-state index in [-0.39, 0.29) is 12.0 Å². The minimum absolute atomic E-state index is 0.0219. The zero-order valence-electron chi connectivity index (χ0n) is 13.2. The first kappa shape index (κ1) is 16.5. The van der Waals surface area contributed by atoms with Gasteiger partial charge in [0.05, 0.1) is 4.90 Å². The van der Waals surface area contributed by atoms with Crippen LogP contribution in [-0.4, -0.2) is 32.4 Å². The summed E-state index contributed by atoms with van der Waals surface area (Å²) in [7, 11) is -1.75. The molecular formula is C16H26N2O2S. The standard InChI is InChI=1S/C16H26N2O2S/c1-12-8-9-13(2)16(10-12)21(19,20)18(3)15-7-5-4-6-14(15)11-17/h8-10,14-15H,4-7,11,17H2,1-3H3. The monoisotopic (exact) mass is 310 g/mol. The molecule has 0 radical (unpaired) electrons. The molecule has 0 aromatic heterocycles. The second kappa shape index (κ2) is 6.46. The van der Waals surface area contributed by atoms with Gasteiger partial charge in [-0.15, -0.1) is 0 Å². The highest BCUT2D eigenvalue weighted by molar-refractivity contribution is 7.89. The van der Waals surface area contributed by atoms with Gasteiger partial charge in [0.1, 0.15) is 0 Å². The van der Waals surface area contributed by atoms with Crippen LogP contribution in [0.1, 0.15) is 36.8 Å². The highest BCUT2D eigenvalue weighted by Crippen LogP contribution is 2.31. The van der Waals surface area contributed by atoms with Crippen molar-refractivity contribution in [3.05, 3.63) is 29.3 Å². The summed E-state index contributed by atoms with van der Waals surface area (Å²) in [4.78, 5) is 0.423. The normalized spacial score (nSPS) is 23.5. The Balaban J connectivity index is 2.36. The molecule has 2 rings (SSSR count). The van der Waals surface area contributed by atoms with Gasteiger partial charge in [-0.05, 0) is 56.3 Å². The average molecular weight is 310 g/mol. The van der Waals surface area contributed by atoms with E-state index in [9.17, 15) is 8.42 Å². The van der Waals surface area contributed by atoms with Crippen molar-refractivity contribution in [3.63, 3.8) is 0 Å². The summed E-state index contributed by atoms with van der Waals surface area (Å²) in [6, 6.07) is 5.60. The van der Waals surface area contributed by atoms with E-state index in [1.54, 1.807) is 17.4 Å². The van der Waals surface area contributed by atoms with Crippen molar-refractivity contribution in [3.8, 4) is 0 Å². The van der Waals surface area contributed by atoms with Gasteiger partial charge in [-0.1, -0.05) is 25.0 Å². The second-order valence-electron chi connectivity index (χ2n) is 6.14. The number of nitrogens with two attached hydrogens (primary N) is 1. The Morgan fingerprint density at radius 2 is 1.90 bits per heavy atom. The first-order valence-corrected chi connectivity index (χ1v) is 9.07. The predicted molar refractivity (Wildman–Crippen MR) is 85.7 cm³/mol. The van der Waals surface area contributed by atoms with Crippen LogP contribution in [0.5, 0.6) is 0 Å². The Morgan fingerprint density at radius 3 is 2.57 bits per heavy atom. The Hall–Kier alpha value is -0.910. The lowest BCUT2D eigenvalue weighted by molar-refractivity contribution is 0.204. The van der Waals surface area contributed by atoms with Crippen molar-refractivity contribution >= 4 is 10.0 Å². The summed E-state index contributed by atoms with van der Waals surface area (Å²) < 4.78 is 27.5. The smallest absolute Gasteiger partial charge is 0.243 e. The lowest BCUT2D eigenvalue weighted by Crippen LogP contribution is -2.45. The van der Waals surface area contributed by atoms with Crippen molar-refractivity contribution in [2.75, 3.05) is 13.6 Å². The van der Waals surface area contributed by atoms with E-state index < -0.39 is 10.0 Å². The van der Waals surface area contributed by atoms with Gasteiger partial charge in [0.2, 0.25) is 10.0 Å². The number of sulfonamides is 1. The molecule has 1 aliphatic rings. The molecule has 2 atom stereocenters. The molecular weight excluding hydrogens is 284 g/mol. The number of hydrogen-bond acceptors (Lipinski definition) is 3. The summed E-state index contributed by atoms with van der Waals surface area (Å²) in [5.74, 6) is 0.267. The number of benzene rings is 1. The molecule has 1 aliphatic carbocycles. The molecule has 0 bridgehead atoms. The zero-order valence-corrected chi connectivity index (χ0v) is 14.0. The van der Waals surface area contributed by atoms with Crippen LogP contribution < -0.4 is 5.73 Å². The van der Waals surface area contributed by atoms with Crippen LogP contribution in [0.3, 0.4) is 0 Å². The van der Waals surface area contributed by atoms with E-state index in [1.165, 1.54) is 0 Å². The molecule has 5 heteroatoms. The van der Waals surface area contributed by atoms with Crippen LogP contribution in [0.25, 0.3) is 0 Å². The lowest BCUT2D eigenvalue weighted by atomic mass is 9.85. The maximum atomic E-state index is 13.0. The van der Waals surface area contributed by atoms with Crippen molar-refractivity contribution < 1.29 is 8.42 Å². The van der Waals surface area contributed by atoms with Crippen LogP contribution >= 0.6 is 0 Å². The molecule has 118 valence electrons. The molecule has 1 saturated carbocycles. The van der Waals surface area contributed by atoms with Crippen molar-refractivity contribution in [1.82, 2.24) is 4.31 Å². The van der Waals surface area contributed by atoms with E-state index in [1.807, 2.05) is 26.0 Å². The third kappa shape index (κ3) is 3.30. The van der Waals surface area contributed by atoms with Crippen LogP contribution in [0.4, 0.5) is 0 Å². The van der Waals surface area contributed by atoms with E-state index in [4.69, 9.17) is 5.73 Å². The van der Waals surface area contributed by atoms with Gasteiger partial charge in [0.25, 0.3) is 0 Å². The fourth-order valence-electron chi connectivity index (χ4n) is 3.26. The van der Waals surface area contributed by atoms with Gasteiger partial charge in [-0.3, -0.25) is 0 Å². The highest BCUT2D eigenvalue weighted by Gasteiger charge is 2.35.